The Kier molecular flexibility index (Phi) is 5.41. The molecule has 30 heavy (non-hydrogen) atoms. The van der Waals surface area contributed by atoms with Crippen molar-refractivity contribution in [2.24, 2.45) is 0 Å². The molecule has 0 radical (unpaired) electrons. The third kappa shape index (κ3) is 3.86. The molecule has 0 atom stereocenters. The summed E-state index contributed by atoms with van der Waals surface area (Å²) in [4.78, 5) is 43.4. The van der Waals surface area contributed by atoms with Crippen molar-refractivity contribution < 1.29 is 18.8 Å². The summed E-state index contributed by atoms with van der Waals surface area (Å²) in [5.41, 5.74) is 2.34. The lowest BCUT2D eigenvalue weighted by Crippen LogP contribution is -2.40. The molecule has 0 saturated heterocycles. The average Bonchev–Trinajstić information content (AvgIpc) is 3.22. The number of amides is 3. The molecule has 1 aromatic heterocycles. The van der Waals surface area contributed by atoms with Crippen molar-refractivity contribution in [2.75, 3.05) is 13.1 Å². The summed E-state index contributed by atoms with van der Waals surface area (Å²) in [6.45, 7) is 1.93. The van der Waals surface area contributed by atoms with Crippen molar-refractivity contribution >= 4 is 29.1 Å². The molecule has 0 fully saturated rings. The molecule has 0 bridgehead atoms. The van der Waals surface area contributed by atoms with E-state index < -0.39 is 17.7 Å². The smallest absolute Gasteiger partial charge is 0.262 e. The maximum Gasteiger partial charge on any atom is 0.262 e. The van der Waals surface area contributed by atoms with Crippen LogP contribution in [0.1, 0.15) is 31.3 Å². The third-order valence-electron chi connectivity index (χ3n) is 4.84. The van der Waals surface area contributed by atoms with E-state index >= 15 is 0 Å². The van der Waals surface area contributed by atoms with E-state index in [-0.39, 0.29) is 12.4 Å². The van der Waals surface area contributed by atoms with Crippen LogP contribution in [0.15, 0.2) is 48.5 Å². The fraction of sp³-hybridized carbons (Fsp3) is 0.182. The van der Waals surface area contributed by atoms with Gasteiger partial charge in [0.15, 0.2) is 0 Å². The number of carbonyl (C=O) groups excluding carboxylic acids is 3. The number of benzene rings is 2. The molecule has 1 aliphatic heterocycles. The zero-order chi connectivity index (χ0) is 21.3. The molecule has 6 nitrogen and oxygen atoms in total. The van der Waals surface area contributed by atoms with Crippen molar-refractivity contribution in [3.63, 3.8) is 0 Å². The zero-order valence-corrected chi connectivity index (χ0v) is 17.0. The Balaban J connectivity index is 1.33. The van der Waals surface area contributed by atoms with E-state index in [2.05, 4.69) is 10.3 Å². The molecule has 152 valence electrons. The minimum absolute atomic E-state index is 0.298. The van der Waals surface area contributed by atoms with Crippen LogP contribution in [0, 0.1) is 12.7 Å². The number of thiazole rings is 1. The highest BCUT2D eigenvalue weighted by atomic mass is 32.1. The van der Waals surface area contributed by atoms with Gasteiger partial charge in [0.05, 0.1) is 16.8 Å². The second kappa shape index (κ2) is 8.16. The SMILES string of the molecule is Cc1nc(-c2ccc(F)cc2)sc1CCNC(=O)CN1C(=O)c2ccccc2C1=O. The van der Waals surface area contributed by atoms with Crippen LogP contribution in [0.2, 0.25) is 0 Å². The molecule has 2 aromatic carbocycles. The molecule has 4 rings (SSSR count). The summed E-state index contributed by atoms with van der Waals surface area (Å²) >= 11 is 1.49. The molecular formula is C22H18FN3O3S. The third-order valence-corrected chi connectivity index (χ3v) is 6.10. The summed E-state index contributed by atoms with van der Waals surface area (Å²) in [6, 6.07) is 12.7. The first-order valence-corrected chi connectivity index (χ1v) is 10.2. The molecule has 0 unspecified atom stereocenters. The van der Waals surface area contributed by atoms with Crippen molar-refractivity contribution in [3.8, 4) is 10.6 Å². The highest BCUT2D eigenvalue weighted by Gasteiger charge is 2.36. The van der Waals surface area contributed by atoms with Crippen LogP contribution >= 0.6 is 11.3 Å². The number of rotatable bonds is 6. The van der Waals surface area contributed by atoms with Crippen LogP contribution in [0.4, 0.5) is 4.39 Å². The zero-order valence-electron chi connectivity index (χ0n) is 16.1. The van der Waals surface area contributed by atoms with Gasteiger partial charge in [-0.3, -0.25) is 19.3 Å². The fourth-order valence-electron chi connectivity index (χ4n) is 3.27. The van der Waals surface area contributed by atoms with Crippen LogP contribution in [-0.4, -0.2) is 40.7 Å². The van der Waals surface area contributed by atoms with Gasteiger partial charge in [-0.15, -0.1) is 11.3 Å². The van der Waals surface area contributed by atoms with Gasteiger partial charge in [-0.25, -0.2) is 9.37 Å². The molecule has 8 heteroatoms. The fourth-order valence-corrected chi connectivity index (χ4v) is 4.34. The Bertz CT molecular complexity index is 1110. The van der Waals surface area contributed by atoms with Gasteiger partial charge in [0.1, 0.15) is 17.4 Å². The summed E-state index contributed by atoms with van der Waals surface area (Å²) in [5, 5.41) is 3.55. The monoisotopic (exact) mass is 423 g/mol. The normalized spacial score (nSPS) is 12.9. The van der Waals surface area contributed by atoms with Gasteiger partial charge >= 0.3 is 0 Å². The van der Waals surface area contributed by atoms with E-state index in [0.29, 0.717) is 24.1 Å². The lowest BCUT2D eigenvalue weighted by Gasteiger charge is -2.13. The van der Waals surface area contributed by atoms with E-state index in [1.807, 2.05) is 6.92 Å². The molecule has 0 aliphatic carbocycles. The van der Waals surface area contributed by atoms with Crippen molar-refractivity contribution in [2.45, 2.75) is 13.3 Å². The Morgan fingerprint density at radius 3 is 2.33 bits per heavy atom. The highest BCUT2D eigenvalue weighted by Crippen LogP contribution is 2.28. The number of hydrogen-bond acceptors (Lipinski definition) is 5. The lowest BCUT2D eigenvalue weighted by molar-refractivity contribution is -0.121. The molecule has 3 amide bonds. The van der Waals surface area contributed by atoms with Crippen LogP contribution in [-0.2, 0) is 11.2 Å². The van der Waals surface area contributed by atoms with E-state index in [0.717, 1.165) is 26.0 Å². The number of aryl methyl sites for hydroxylation is 1. The number of carbonyl (C=O) groups is 3. The first-order chi connectivity index (χ1) is 14.4. The molecule has 3 aromatic rings. The topological polar surface area (TPSA) is 79.4 Å². The maximum atomic E-state index is 13.1. The number of nitrogens with zero attached hydrogens (tertiary/aromatic N) is 2. The van der Waals surface area contributed by atoms with Crippen LogP contribution in [0.25, 0.3) is 10.6 Å². The van der Waals surface area contributed by atoms with E-state index in [1.165, 1.54) is 23.5 Å². The molecule has 0 saturated carbocycles. The number of fused-ring (bicyclic) bond motifs is 1. The van der Waals surface area contributed by atoms with Gasteiger partial charge in [0.25, 0.3) is 11.8 Å². The Morgan fingerprint density at radius 1 is 1.07 bits per heavy atom. The first kappa shape index (κ1) is 19.9. The van der Waals surface area contributed by atoms with E-state index in [1.54, 1.807) is 36.4 Å². The van der Waals surface area contributed by atoms with Crippen molar-refractivity contribution in [3.05, 3.63) is 76.0 Å². The standard InChI is InChI=1S/C22H18FN3O3S/c1-13-18(30-20(25-13)14-6-8-15(23)9-7-14)10-11-24-19(27)12-26-21(28)16-4-2-3-5-17(16)22(26)29/h2-9H,10-12H2,1H3,(H,24,27). The van der Waals surface area contributed by atoms with Crippen LogP contribution < -0.4 is 5.32 Å². The molecule has 2 heterocycles. The van der Waals surface area contributed by atoms with Crippen LogP contribution in [0.5, 0.6) is 0 Å². The molecule has 0 spiro atoms. The van der Waals surface area contributed by atoms with Gasteiger partial charge in [0, 0.05) is 23.4 Å². The largest absolute Gasteiger partial charge is 0.354 e. The molecule has 1 N–H and O–H groups in total. The number of halogens is 1. The van der Waals surface area contributed by atoms with Gasteiger partial charge in [0.2, 0.25) is 5.91 Å². The van der Waals surface area contributed by atoms with Crippen molar-refractivity contribution in [1.29, 1.82) is 0 Å². The van der Waals surface area contributed by atoms with E-state index in [9.17, 15) is 18.8 Å². The lowest BCUT2D eigenvalue weighted by atomic mass is 10.1. The second-order valence-electron chi connectivity index (χ2n) is 6.88. The van der Waals surface area contributed by atoms with Gasteiger partial charge in [-0.05, 0) is 43.3 Å². The van der Waals surface area contributed by atoms with Gasteiger partial charge < -0.3 is 5.32 Å². The Hall–Kier alpha value is -3.39. The average molecular weight is 423 g/mol. The van der Waals surface area contributed by atoms with Crippen molar-refractivity contribution in [1.82, 2.24) is 15.2 Å². The molecular weight excluding hydrogens is 405 g/mol. The number of hydrogen-bond donors (Lipinski definition) is 1. The highest BCUT2D eigenvalue weighted by molar-refractivity contribution is 7.15. The second-order valence-corrected chi connectivity index (χ2v) is 7.96. The number of imide groups is 1. The summed E-state index contributed by atoms with van der Waals surface area (Å²) in [6.07, 6.45) is 0.568. The molecule has 1 aliphatic rings. The van der Waals surface area contributed by atoms with Gasteiger partial charge in [-0.1, -0.05) is 12.1 Å². The summed E-state index contributed by atoms with van der Waals surface area (Å²) < 4.78 is 13.1. The summed E-state index contributed by atoms with van der Waals surface area (Å²) in [5.74, 6) is -1.60. The van der Waals surface area contributed by atoms with Gasteiger partial charge in [-0.2, -0.15) is 0 Å². The number of aromatic nitrogens is 1. The summed E-state index contributed by atoms with van der Waals surface area (Å²) in [7, 11) is 0. The van der Waals surface area contributed by atoms with E-state index in [4.69, 9.17) is 0 Å². The minimum atomic E-state index is -0.451. The Morgan fingerprint density at radius 2 is 1.70 bits per heavy atom. The minimum Gasteiger partial charge on any atom is -0.354 e. The first-order valence-electron chi connectivity index (χ1n) is 9.38. The maximum absolute atomic E-state index is 13.1. The predicted molar refractivity (Wildman–Crippen MR) is 111 cm³/mol. The predicted octanol–water partition coefficient (Wildman–Crippen LogP) is 3.21. The number of nitrogens with one attached hydrogen (secondary N) is 1. The quantitative estimate of drug-likeness (QED) is 0.618. The van der Waals surface area contributed by atoms with Crippen LogP contribution in [0.3, 0.4) is 0 Å². The Labute approximate surface area is 176 Å².